The van der Waals surface area contributed by atoms with E-state index in [2.05, 4.69) is 6.58 Å². The molecule has 0 aromatic heterocycles. The molecule has 2 heteroatoms. The molecule has 2 nitrogen and oxygen atoms in total. The first-order chi connectivity index (χ1) is 7.06. The van der Waals surface area contributed by atoms with Gasteiger partial charge in [-0.25, -0.2) is 4.79 Å². The van der Waals surface area contributed by atoms with Crippen molar-refractivity contribution in [3.05, 3.63) is 41.5 Å². The number of carbonyl (C=O) groups is 1. The quantitative estimate of drug-likeness (QED) is 0.559. The first-order valence-corrected chi connectivity index (χ1v) is 5.00. The van der Waals surface area contributed by atoms with E-state index in [1.165, 1.54) is 5.56 Å². The summed E-state index contributed by atoms with van der Waals surface area (Å²) >= 11 is 0. The third kappa shape index (κ3) is 2.69. The number of carbonyl (C=O) groups excluding carboxylic acids is 1. The number of hydrogen-bond acceptors (Lipinski definition) is 2. The highest BCUT2D eigenvalue weighted by Gasteiger charge is 2.12. The summed E-state index contributed by atoms with van der Waals surface area (Å²) in [7, 11) is 0. The Morgan fingerprint density at radius 1 is 1.40 bits per heavy atom. The Morgan fingerprint density at radius 2 is 2.07 bits per heavy atom. The summed E-state index contributed by atoms with van der Waals surface area (Å²) in [6.07, 6.45) is 0. The van der Waals surface area contributed by atoms with E-state index in [0.29, 0.717) is 12.2 Å². The van der Waals surface area contributed by atoms with Crippen molar-refractivity contribution in [3.63, 3.8) is 0 Å². The number of hydrogen-bond donors (Lipinski definition) is 0. The summed E-state index contributed by atoms with van der Waals surface area (Å²) in [5.74, 6) is -0.343. The molecular formula is C13H16O2. The van der Waals surface area contributed by atoms with Crippen LogP contribution < -0.4 is 0 Å². The molecule has 0 saturated heterocycles. The molecule has 0 aliphatic heterocycles. The van der Waals surface area contributed by atoms with Crippen LogP contribution in [-0.2, 0) is 9.53 Å². The highest BCUT2D eigenvalue weighted by atomic mass is 16.5. The summed E-state index contributed by atoms with van der Waals surface area (Å²) in [4.78, 5) is 11.5. The molecule has 0 atom stereocenters. The maximum atomic E-state index is 11.5. The van der Waals surface area contributed by atoms with E-state index in [0.717, 1.165) is 11.1 Å². The van der Waals surface area contributed by atoms with Crippen LogP contribution in [0.5, 0.6) is 0 Å². The van der Waals surface area contributed by atoms with Gasteiger partial charge in [-0.15, -0.1) is 0 Å². The van der Waals surface area contributed by atoms with Gasteiger partial charge in [-0.2, -0.15) is 0 Å². The molecule has 1 rings (SSSR count). The van der Waals surface area contributed by atoms with Crippen molar-refractivity contribution in [1.29, 1.82) is 0 Å². The highest BCUT2D eigenvalue weighted by molar-refractivity contribution is 6.16. The molecule has 0 aliphatic carbocycles. The van der Waals surface area contributed by atoms with Crippen molar-refractivity contribution in [2.24, 2.45) is 0 Å². The maximum Gasteiger partial charge on any atom is 0.338 e. The van der Waals surface area contributed by atoms with Crippen LogP contribution in [0.3, 0.4) is 0 Å². The van der Waals surface area contributed by atoms with Crippen molar-refractivity contribution in [1.82, 2.24) is 0 Å². The number of aryl methyl sites for hydroxylation is 2. The number of rotatable bonds is 3. The van der Waals surface area contributed by atoms with Crippen LogP contribution in [0, 0.1) is 13.8 Å². The van der Waals surface area contributed by atoms with Gasteiger partial charge in [0.2, 0.25) is 0 Å². The zero-order valence-electron chi connectivity index (χ0n) is 9.46. The first kappa shape index (κ1) is 11.5. The van der Waals surface area contributed by atoms with E-state index in [-0.39, 0.29) is 5.97 Å². The first-order valence-electron chi connectivity index (χ1n) is 5.00. The van der Waals surface area contributed by atoms with Crippen molar-refractivity contribution in [2.45, 2.75) is 20.8 Å². The van der Waals surface area contributed by atoms with Gasteiger partial charge in [0.05, 0.1) is 12.2 Å². The summed E-state index contributed by atoms with van der Waals surface area (Å²) in [6, 6.07) is 5.90. The van der Waals surface area contributed by atoms with E-state index in [1.54, 1.807) is 6.92 Å². The molecule has 0 bridgehead atoms. The van der Waals surface area contributed by atoms with Crippen LogP contribution in [0.4, 0.5) is 0 Å². The average Bonchev–Trinajstić information content (AvgIpc) is 2.17. The number of esters is 1. The van der Waals surface area contributed by atoms with Crippen LogP contribution in [-0.4, -0.2) is 12.6 Å². The molecule has 15 heavy (non-hydrogen) atoms. The fourth-order valence-electron chi connectivity index (χ4n) is 1.48. The second kappa shape index (κ2) is 4.78. The third-order valence-corrected chi connectivity index (χ3v) is 2.23. The molecule has 0 saturated carbocycles. The summed E-state index contributed by atoms with van der Waals surface area (Å²) in [5, 5.41) is 0. The summed E-state index contributed by atoms with van der Waals surface area (Å²) < 4.78 is 4.90. The Labute approximate surface area is 90.6 Å². The molecular weight excluding hydrogens is 188 g/mol. The second-order valence-electron chi connectivity index (χ2n) is 3.52. The van der Waals surface area contributed by atoms with Gasteiger partial charge < -0.3 is 4.74 Å². The minimum absolute atomic E-state index is 0.343. The summed E-state index contributed by atoms with van der Waals surface area (Å²) in [5.41, 5.74) is 3.51. The van der Waals surface area contributed by atoms with Gasteiger partial charge in [0.15, 0.2) is 0 Å². The molecule has 0 unspecified atom stereocenters. The fraction of sp³-hybridized carbons (Fsp3) is 0.308. The lowest BCUT2D eigenvalue weighted by molar-refractivity contribution is -0.136. The Bertz CT molecular complexity index is 392. The Hall–Kier alpha value is -1.57. The maximum absolute atomic E-state index is 11.5. The van der Waals surface area contributed by atoms with Crippen LogP contribution in [0.15, 0.2) is 24.8 Å². The lowest BCUT2D eigenvalue weighted by atomic mass is 10.00. The predicted octanol–water partition coefficient (Wildman–Crippen LogP) is 2.88. The molecule has 0 radical (unpaired) electrons. The second-order valence-corrected chi connectivity index (χ2v) is 3.52. The highest BCUT2D eigenvalue weighted by Crippen LogP contribution is 2.19. The standard InChI is InChI=1S/C13H16O2/c1-5-15-13(14)11(4)12-7-6-9(2)8-10(12)3/h6-8H,4-5H2,1-3H3. The molecule has 0 fully saturated rings. The van der Waals surface area contributed by atoms with E-state index in [9.17, 15) is 4.79 Å². The van der Waals surface area contributed by atoms with Gasteiger partial charge in [0.25, 0.3) is 0 Å². The van der Waals surface area contributed by atoms with Gasteiger partial charge in [0.1, 0.15) is 0 Å². The Kier molecular flexibility index (Phi) is 3.67. The minimum Gasteiger partial charge on any atom is -0.462 e. The molecule has 0 aliphatic rings. The lowest BCUT2D eigenvalue weighted by Crippen LogP contribution is -2.06. The zero-order valence-corrected chi connectivity index (χ0v) is 9.46. The number of ether oxygens (including phenoxy) is 1. The van der Waals surface area contributed by atoms with E-state index in [4.69, 9.17) is 4.74 Å². The molecule has 1 aromatic rings. The topological polar surface area (TPSA) is 26.3 Å². The Balaban J connectivity index is 2.96. The molecule has 0 heterocycles. The van der Waals surface area contributed by atoms with Gasteiger partial charge in [-0.3, -0.25) is 0 Å². The summed E-state index contributed by atoms with van der Waals surface area (Å²) in [6.45, 7) is 9.90. The third-order valence-electron chi connectivity index (χ3n) is 2.23. The van der Waals surface area contributed by atoms with Crippen molar-refractivity contribution < 1.29 is 9.53 Å². The Morgan fingerprint density at radius 3 is 2.60 bits per heavy atom. The van der Waals surface area contributed by atoms with Gasteiger partial charge >= 0.3 is 5.97 Å². The van der Waals surface area contributed by atoms with Crippen molar-refractivity contribution >= 4 is 11.5 Å². The average molecular weight is 204 g/mol. The van der Waals surface area contributed by atoms with Gasteiger partial charge in [0, 0.05) is 0 Å². The van der Waals surface area contributed by atoms with Crippen LogP contribution in [0.25, 0.3) is 5.57 Å². The van der Waals surface area contributed by atoms with Crippen LogP contribution in [0.2, 0.25) is 0 Å². The molecule has 0 spiro atoms. The van der Waals surface area contributed by atoms with Gasteiger partial charge in [-0.05, 0) is 31.9 Å². The zero-order chi connectivity index (χ0) is 11.4. The molecule has 0 N–H and O–H groups in total. The minimum atomic E-state index is -0.343. The largest absolute Gasteiger partial charge is 0.462 e. The fourth-order valence-corrected chi connectivity index (χ4v) is 1.48. The normalized spacial score (nSPS) is 9.80. The van der Waals surface area contributed by atoms with Crippen LogP contribution >= 0.6 is 0 Å². The smallest absolute Gasteiger partial charge is 0.338 e. The van der Waals surface area contributed by atoms with Gasteiger partial charge in [-0.1, -0.05) is 30.3 Å². The molecule has 0 amide bonds. The molecule has 80 valence electrons. The van der Waals surface area contributed by atoms with Crippen LogP contribution in [0.1, 0.15) is 23.6 Å². The lowest BCUT2D eigenvalue weighted by Gasteiger charge is -2.09. The van der Waals surface area contributed by atoms with E-state index >= 15 is 0 Å². The predicted molar refractivity (Wildman–Crippen MR) is 61.6 cm³/mol. The van der Waals surface area contributed by atoms with E-state index in [1.807, 2.05) is 32.0 Å². The molecule has 1 aromatic carbocycles. The van der Waals surface area contributed by atoms with Crippen molar-refractivity contribution in [2.75, 3.05) is 6.61 Å². The monoisotopic (exact) mass is 204 g/mol. The van der Waals surface area contributed by atoms with Crippen molar-refractivity contribution in [3.8, 4) is 0 Å². The SMILES string of the molecule is C=C(C(=O)OCC)c1ccc(C)cc1C. The number of benzene rings is 1. The van der Waals surface area contributed by atoms with E-state index < -0.39 is 0 Å².